The molecule has 8 heteroatoms. The molecule has 24 heavy (non-hydrogen) atoms. The van der Waals surface area contributed by atoms with Gasteiger partial charge in [0, 0.05) is 32.8 Å². The third-order valence-electron chi connectivity index (χ3n) is 4.03. The molecule has 0 aromatic heterocycles. The van der Waals surface area contributed by atoms with E-state index in [4.69, 9.17) is 4.74 Å². The van der Waals surface area contributed by atoms with Gasteiger partial charge < -0.3 is 15.4 Å². The molecule has 0 spiro atoms. The molecule has 0 aliphatic carbocycles. The van der Waals surface area contributed by atoms with E-state index < -0.39 is 12.7 Å². The highest BCUT2D eigenvalue weighted by atomic mass is 19.4. The fourth-order valence-corrected chi connectivity index (χ4v) is 2.74. The lowest BCUT2D eigenvalue weighted by atomic mass is 9.89. The maximum absolute atomic E-state index is 12.5. The Bertz CT molecular complexity index is 407. The largest absolute Gasteiger partial charge is 0.401 e. The molecule has 2 N–H and O–H groups in total. The van der Waals surface area contributed by atoms with Crippen molar-refractivity contribution in [2.24, 2.45) is 10.4 Å². The number of halogens is 3. The van der Waals surface area contributed by atoms with Crippen LogP contribution in [0.3, 0.4) is 0 Å². The fourth-order valence-electron chi connectivity index (χ4n) is 2.74. The topological polar surface area (TPSA) is 48.9 Å². The lowest BCUT2D eigenvalue weighted by Crippen LogP contribution is -2.46. The molecule has 1 heterocycles. The number of aliphatic imine (C=N–C) groups is 1. The van der Waals surface area contributed by atoms with Gasteiger partial charge in [-0.2, -0.15) is 13.2 Å². The van der Waals surface area contributed by atoms with Gasteiger partial charge in [-0.3, -0.25) is 9.89 Å². The summed E-state index contributed by atoms with van der Waals surface area (Å²) in [7, 11) is 1.66. The van der Waals surface area contributed by atoms with Gasteiger partial charge in [0.1, 0.15) is 0 Å². The van der Waals surface area contributed by atoms with Gasteiger partial charge in [0.2, 0.25) is 0 Å². The molecule has 1 rings (SSSR count). The molecule has 0 bridgehead atoms. The van der Waals surface area contributed by atoms with Crippen molar-refractivity contribution in [2.75, 3.05) is 39.8 Å². The summed E-state index contributed by atoms with van der Waals surface area (Å²) in [6, 6.07) is -0.0271. The molecule has 5 nitrogen and oxygen atoms in total. The Kier molecular flexibility index (Phi) is 7.79. The zero-order chi connectivity index (χ0) is 18.4. The maximum Gasteiger partial charge on any atom is 0.401 e. The molecule has 2 unspecified atom stereocenters. The van der Waals surface area contributed by atoms with Crippen molar-refractivity contribution >= 4 is 5.96 Å². The zero-order valence-corrected chi connectivity index (χ0v) is 15.3. The molecule has 0 amide bonds. The smallest absolute Gasteiger partial charge is 0.379 e. The number of nitrogens with zero attached hydrogens (tertiary/aromatic N) is 2. The van der Waals surface area contributed by atoms with E-state index in [1.54, 1.807) is 7.11 Å². The first-order valence-electron chi connectivity index (χ1n) is 8.42. The second-order valence-corrected chi connectivity index (χ2v) is 7.29. The van der Waals surface area contributed by atoms with Gasteiger partial charge in [0.25, 0.3) is 0 Å². The number of methoxy groups -OCH3 is 1. The second kappa shape index (κ2) is 8.89. The quantitative estimate of drug-likeness (QED) is 0.569. The summed E-state index contributed by atoms with van der Waals surface area (Å²) in [4.78, 5) is 5.97. The van der Waals surface area contributed by atoms with Crippen LogP contribution in [0.15, 0.2) is 4.99 Å². The predicted molar refractivity (Wildman–Crippen MR) is 90.3 cm³/mol. The Labute approximate surface area is 143 Å². The Hall–Kier alpha value is -1.02. The van der Waals surface area contributed by atoms with Crippen LogP contribution >= 0.6 is 0 Å². The minimum absolute atomic E-state index is 0.0271. The average Bonchev–Trinajstić information content (AvgIpc) is 2.82. The van der Waals surface area contributed by atoms with E-state index in [0.29, 0.717) is 38.6 Å². The summed E-state index contributed by atoms with van der Waals surface area (Å²) >= 11 is 0. The normalized spacial score (nSPS) is 21.8. The summed E-state index contributed by atoms with van der Waals surface area (Å²) in [5.41, 5.74) is -0.0353. The molecule has 2 atom stereocenters. The lowest BCUT2D eigenvalue weighted by molar-refractivity contribution is -0.143. The Morgan fingerprint density at radius 1 is 1.33 bits per heavy atom. The first kappa shape index (κ1) is 21.0. The molecule has 0 aromatic carbocycles. The Balaban J connectivity index is 2.59. The van der Waals surface area contributed by atoms with E-state index in [-0.39, 0.29) is 17.6 Å². The second-order valence-electron chi connectivity index (χ2n) is 7.29. The van der Waals surface area contributed by atoms with E-state index in [1.165, 1.54) is 4.90 Å². The first-order valence-corrected chi connectivity index (χ1v) is 8.42. The van der Waals surface area contributed by atoms with Gasteiger partial charge in [-0.15, -0.1) is 0 Å². The minimum Gasteiger partial charge on any atom is -0.379 e. The first-order chi connectivity index (χ1) is 11.0. The number of hydrogen-bond acceptors (Lipinski definition) is 3. The molecule has 1 aliphatic rings. The average molecular weight is 352 g/mol. The molecule has 1 aliphatic heterocycles. The van der Waals surface area contributed by atoms with Crippen LogP contribution in [0.4, 0.5) is 13.2 Å². The predicted octanol–water partition coefficient (Wildman–Crippen LogP) is 2.24. The summed E-state index contributed by atoms with van der Waals surface area (Å²) < 4.78 is 42.9. The van der Waals surface area contributed by atoms with Crippen molar-refractivity contribution in [3.8, 4) is 0 Å². The number of alkyl halides is 3. The Morgan fingerprint density at radius 3 is 2.50 bits per heavy atom. The standard InChI is InChI=1S/C16H31F3N4O/c1-6-20-14(21-9-13(24-5)15(2,3)4)22-12-7-8-23(10-12)11-16(17,18)19/h12-13H,6-11H2,1-5H3,(H2,20,21,22). The molecule has 142 valence electrons. The van der Waals surface area contributed by atoms with Crippen LogP contribution in [0.5, 0.6) is 0 Å². The van der Waals surface area contributed by atoms with Crippen LogP contribution in [-0.2, 0) is 4.74 Å². The van der Waals surface area contributed by atoms with Crippen molar-refractivity contribution in [1.29, 1.82) is 0 Å². The van der Waals surface area contributed by atoms with Crippen molar-refractivity contribution in [1.82, 2.24) is 15.5 Å². The molecule has 1 fully saturated rings. The van der Waals surface area contributed by atoms with Gasteiger partial charge in [-0.05, 0) is 18.8 Å². The van der Waals surface area contributed by atoms with E-state index in [2.05, 4.69) is 36.4 Å². The summed E-state index contributed by atoms with van der Waals surface area (Å²) in [6.45, 7) is 9.37. The van der Waals surface area contributed by atoms with E-state index in [1.807, 2.05) is 6.92 Å². The van der Waals surface area contributed by atoms with Crippen LogP contribution in [0, 0.1) is 5.41 Å². The molecule has 0 aromatic rings. The number of rotatable bonds is 6. The highest BCUT2D eigenvalue weighted by Gasteiger charge is 2.34. The van der Waals surface area contributed by atoms with E-state index >= 15 is 0 Å². The fraction of sp³-hybridized carbons (Fsp3) is 0.938. The molecular formula is C16H31F3N4O. The number of likely N-dealkylation sites (tertiary alicyclic amines) is 1. The van der Waals surface area contributed by atoms with Gasteiger partial charge in [-0.1, -0.05) is 20.8 Å². The van der Waals surface area contributed by atoms with Gasteiger partial charge in [0.15, 0.2) is 5.96 Å². The van der Waals surface area contributed by atoms with Crippen LogP contribution in [0.2, 0.25) is 0 Å². The van der Waals surface area contributed by atoms with E-state index in [0.717, 1.165) is 0 Å². The lowest BCUT2D eigenvalue weighted by Gasteiger charge is -2.28. The highest BCUT2D eigenvalue weighted by Crippen LogP contribution is 2.22. The summed E-state index contributed by atoms with van der Waals surface area (Å²) in [5, 5.41) is 6.38. The maximum atomic E-state index is 12.5. The SMILES string of the molecule is CCNC(=NCC(OC)C(C)(C)C)NC1CCN(CC(F)(F)F)C1. The molecule has 0 radical (unpaired) electrons. The molecule has 1 saturated heterocycles. The minimum atomic E-state index is -4.15. The van der Waals surface area contributed by atoms with Crippen molar-refractivity contribution in [3.05, 3.63) is 0 Å². The van der Waals surface area contributed by atoms with Crippen LogP contribution < -0.4 is 10.6 Å². The molecule has 0 saturated carbocycles. The number of guanidine groups is 1. The highest BCUT2D eigenvalue weighted by molar-refractivity contribution is 5.80. The van der Waals surface area contributed by atoms with Crippen LogP contribution in [0.1, 0.15) is 34.1 Å². The number of nitrogens with one attached hydrogen (secondary N) is 2. The third-order valence-corrected chi connectivity index (χ3v) is 4.03. The third kappa shape index (κ3) is 7.70. The number of hydrogen-bond donors (Lipinski definition) is 2. The van der Waals surface area contributed by atoms with Gasteiger partial charge >= 0.3 is 6.18 Å². The van der Waals surface area contributed by atoms with Gasteiger partial charge in [-0.25, -0.2) is 0 Å². The van der Waals surface area contributed by atoms with Crippen LogP contribution in [0.25, 0.3) is 0 Å². The van der Waals surface area contributed by atoms with E-state index in [9.17, 15) is 13.2 Å². The monoisotopic (exact) mass is 352 g/mol. The summed E-state index contributed by atoms with van der Waals surface area (Å²) in [5.74, 6) is 0.627. The van der Waals surface area contributed by atoms with Crippen molar-refractivity contribution in [3.63, 3.8) is 0 Å². The van der Waals surface area contributed by atoms with Crippen LogP contribution in [-0.4, -0.2) is 69.0 Å². The van der Waals surface area contributed by atoms with Gasteiger partial charge in [0.05, 0.1) is 19.2 Å². The number of ether oxygens (including phenoxy) is 1. The summed E-state index contributed by atoms with van der Waals surface area (Å²) in [6.07, 6.45) is -3.50. The molecular weight excluding hydrogens is 321 g/mol. The van der Waals surface area contributed by atoms with Crippen molar-refractivity contribution < 1.29 is 17.9 Å². The zero-order valence-electron chi connectivity index (χ0n) is 15.3. The Morgan fingerprint density at radius 2 is 2.00 bits per heavy atom. The van der Waals surface area contributed by atoms with Crippen molar-refractivity contribution in [2.45, 2.75) is 52.4 Å².